The van der Waals surface area contributed by atoms with E-state index in [0.29, 0.717) is 45.5 Å². The van der Waals surface area contributed by atoms with Gasteiger partial charge in [-0.05, 0) is 87.2 Å². The topological polar surface area (TPSA) is 84.9 Å². The number of hydrogen-bond donors (Lipinski definition) is 1. The molecule has 200 valence electrons. The van der Waals surface area contributed by atoms with Gasteiger partial charge in [-0.25, -0.2) is 9.69 Å². The molecule has 1 aliphatic rings. The molecule has 4 aromatic carbocycles. The number of carbonyl (C=O) groups is 3. The quantitative estimate of drug-likeness (QED) is 0.171. The fourth-order valence-electron chi connectivity index (χ4n) is 3.96. The Hall–Kier alpha value is -4.40. The maximum Gasteiger partial charge on any atom is 0.335 e. The van der Waals surface area contributed by atoms with Gasteiger partial charge in [0.2, 0.25) is 0 Å². The van der Waals surface area contributed by atoms with E-state index in [0.717, 1.165) is 16.0 Å². The van der Waals surface area contributed by atoms with Crippen LogP contribution in [0.1, 0.15) is 16.7 Å². The minimum Gasteiger partial charge on any atom is -0.489 e. The highest BCUT2D eigenvalue weighted by Crippen LogP contribution is 2.29. The first kappa shape index (κ1) is 27.2. The number of imide groups is 2. The maximum absolute atomic E-state index is 13.3. The normalized spacial score (nSPS) is 14.3. The number of urea groups is 1. The van der Waals surface area contributed by atoms with Crippen LogP contribution in [0.25, 0.3) is 6.08 Å². The first-order valence-corrected chi connectivity index (χ1v) is 13.4. The largest absolute Gasteiger partial charge is 0.489 e. The lowest BCUT2D eigenvalue weighted by Gasteiger charge is -2.26. The van der Waals surface area contributed by atoms with Gasteiger partial charge >= 0.3 is 6.03 Å². The van der Waals surface area contributed by atoms with E-state index in [1.54, 1.807) is 54.6 Å². The third kappa shape index (κ3) is 6.42. The van der Waals surface area contributed by atoms with Gasteiger partial charge in [0.05, 0.1) is 10.2 Å². The van der Waals surface area contributed by atoms with Crippen LogP contribution in [-0.4, -0.2) is 17.8 Å². The van der Waals surface area contributed by atoms with E-state index in [1.165, 1.54) is 6.08 Å². The maximum atomic E-state index is 13.3. The molecule has 1 N–H and O–H groups in total. The highest BCUT2D eigenvalue weighted by molar-refractivity contribution is 9.10. The number of ether oxygens (including phenoxy) is 2. The van der Waals surface area contributed by atoms with E-state index >= 15 is 0 Å². The molecule has 1 saturated heterocycles. The lowest BCUT2D eigenvalue weighted by molar-refractivity contribution is -0.122. The zero-order valence-corrected chi connectivity index (χ0v) is 23.3. The van der Waals surface area contributed by atoms with Gasteiger partial charge < -0.3 is 9.47 Å². The van der Waals surface area contributed by atoms with Crippen molar-refractivity contribution in [3.8, 4) is 11.5 Å². The zero-order valence-electron chi connectivity index (χ0n) is 21.0. The van der Waals surface area contributed by atoms with E-state index in [9.17, 15) is 14.4 Å². The number of carbonyl (C=O) groups excluding carboxylic acids is 3. The summed E-state index contributed by atoms with van der Waals surface area (Å²) in [6, 6.07) is 27.9. The number of nitrogens with one attached hydrogen (secondary N) is 1. The summed E-state index contributed by atoms with van der Waals surface area (Å²) in [7, 11) is 0. The summed E-state index contributed by atoms with van der Waals surface area (Å²) in [5.41, 5.74) is 2.67. The second-order valence-electron chi connectivity index (χ2n) is 8.83. The summed E-state index contributed by atoms with van der Waals surface area (Å²) in [5, 5.41) is 2.88. The summed E-state index contributed by atoms with van der Waals surface area (Å²) < 4.78 is 12.3. The standard InChI is InChI=1S/C31H22BrClN2O5/c32-27-17-22(8-15-28(27)40-19-20-4-2-1-3-5-20)16-26-29(36)34-31(38)35(30(26)37)24-11-13-25(14-12-24)39-18-21-6-9-23(33)10-7-21/h1-17H,18-19H2,(H,34,36,38)/b26-16+. The van der Waals surface area contributed by atoms with Crippen LogP contribution < -0.4 is 19.7 Å². The van der Waals surface area contributed by atoms with Gasteiger partial charge in [0.1, 0.15) is 30.3 Å². The minimum absolute atomic E-state index is 0.174. The van der Waals surface area contributed by atoms with Crippen LogP contribution in [0.5, 0.6) is 11.5 Å². The molecule has 0 bridgehead atoms. The fraction of sp³-hybridized carbons (Fsp3) is 0.0645. The van der Waals surface area contributed by atoms with Gasteiger partial charge in [-0.2, -0.15) is 0 Å². The van der Waals surface area contributed by atoms with E-state index < -0.39 is 17.8 Å². The smallest absolute Gasteiger partial charge is 0.335 e. The van der Waals surface area contributed by atoms with Gasteiger partial charge in [0.25, 0.3) is 11.8 Å². The predicted molar refractivity (Wildman–Crippen MR) is 156 cm³/mol. The van der Waals surface area contributed by atoms with Crippen molar-refractivity contribution in [3.05, 3.63) is 129 Å². The average Bonchev–Trinajstić information content (AvgIpc) is 2.95. The molecule has 0 radical (unpaired) electrons. The number of halogens is 2. The molecule has 1 fully saturated rings. The molecule has 0 aliphatic carbocycles. The van der Waals surface area contributed by atoms with Crippen LogP contribution in [0.4, 0.5) is 10.5 Å². The molecule has 7 nitrogen and oxygen atoms in total. The van der Waals surface area contributed by atoms with Gasteiger partial charge in [-0.1, -0.05) is 60.1 Å². The van der Waals surface area contributed by atoms with E-state index in [4.69, 9.17) is 21.1 Å². The van der Waals surface area contributed by atoms with Crippen molar-refractivity contribution in [1.82, 2.24) is 5.32 Å². The number of nitrogens with zero attached hydrogens (tertiary/aromatic N) is 1. The molecule has 0 spiro atoms. The van der Waals surface area contributed by atoms with Crippen LogP contribution >= 0.6 is 27.5 Å². The minimum atomic E-state index is -0.826. The summed E-state index contributed by atoms with van der Waals surface area (Å²) in [5.74, 6) is -0.339. The van der Waals surface area contributed by atoms with Gasteiger partial charge in [0.15, 0.2) is 0 Å². The van der Waals surface area contributed by atoms with Gasteiger partial charge in [-0.15, -0.1) is 0 Å². The molecule has 4 amide bonds. The first-order chi connectivity index (χ1) is 19.4. The predicted octanol–water partition coefficient (Wildman–Crippen LogP) is 6.93. The van der Waals surface area contributed by atoms with Crippen molar-refractivity contribution in [2.45, 2.75) is 13.2 Å². The van der Waals surface area contributed by atoms with Crippen molar-refractivity contribution >= 4 is 57.1 Å². The third-order valence-corrected chi connectivity index (χ3v) is 6.89. The summed E-state index contributed by atoms with van der Waals surface area (Å²) >= 11 is 9.40. The van der Waals surface area contributed by atoms with Gasteiger partial charge in [0, 0.05) is 5.02 Å². The second kappa shape index (κ2) is 12.2. The van der Waals surface area contributed by atoms with Crippen molar-refractivity contribution < 1.29 is 23.9 Å². The summed E-state index contributed by atoms with van der Waals surface area (Å²) in [4.78, 5) is 39.4. The van der Waals surface area contributed by atoms with Crippen LogP contribution in [0.15, 0.2) is 107 Å². The Morgan fingerprint density at radius 3 is 2.17 bits per heavy atom. The Kier molecular flexibility index (Phi) is 8.28. The zero-order chi connectivity index (χ0) is 28.1. The van der Waals surface area contributed by atoms with Crippen molar-refractivity contribution in [2.24, 2.45) is 0 Å². The molecule has 0 unspecified atom stereocenters. The number of rotatable bonds is 8. The van der Waals surface area contributed by atoms with E-state index in [-0.39, 0.29) is 5.57 Å². The number of anilines is 1. The highest BCUT2D eigenvalue weighted by Gasteiger charge is 2.36. The van der Waals surface area contributed by atoms with Crippen LogP contribution in [0.3, 0.4) is 0 Å². The second-order valence-corrected chi connectivity index (χ2v) is 10.1. The Labute approximate surface area is 244 Å². The molecule has 5 rings (SSSR count). The molecule has 1 heterocycles. The fourth-order valence-corrected chi connectivity index (χ4v) is 4.59. The Bertz CT molecular complexity index is 1590. The van der Waals surface area contributed by atoms with Crippen molar-refractivity contribution in [3.63, 3.8) is 0 Å². The lowest BCUT2D eigenvalue weighted by Crippen LogP contribution is -2.54. The Morgan fingerprint density at radius 2 is 1.48 bits per heavy atom. The summed E-state index contributed by atoms with van der Waals surface area (Å²) in [6.07, 6.45) is 1.44. The molecular formula is C31H22BrClN2O5. The Balaban J connectivity index is 1.29. The SMILES string of the molecule is O=C1NC(=O)N(c2ccc(OCc3ccc(Cl)cc3)cc2)C(=O)/C1=C/c1ccc(OCc2ccccc2)c(Br)c1. The van der Waals surface area contributed by atoms with Crippen LogP contribution in [-0.2, 0) is 22.8 Å². The third-order valence-electron chi connectivity index (χ3n) is 6.02. The molecule has 0 aromatic heterocycles. The molecule has 0 atom stereocenters. The molecule has 1 aliphatic heterocycles. The number of benzene rings is 4. The number of hydrogen-bond acceptors (Lipinski definition) is 5. The number of barbiturate groups is 1. The van der Waals surface area contributed by atoms with Crippen molar-refractivity contribution in [2.75, 3.05) is 4.90 Å². The van der Waals surface area contributed by atoms with Crippen LogP contribution in [0.2, 0.25) is 5.02 Å². The van der Waals surface area contributed by atoms with E-state index in [2.05, 4.69) is 21.2 Å². The van der Waals surface area contributed by atoms with Gasteiger partial charge in [-0.3, -0.25) is 14.9 Å². The molecule has 0 saturated carbocycles. The highest BCUT2D eigenvalue weighted by atomic mass is 79.9. The first-order valence-electron chi connectivity index (χ1n) is 12.2. The lowest BCUT2D eigenvalue weighted by atomic mass is 10.1. The Morgan fingerprint density at radius 1 is 0.800 bits per heavy atom. The van der Waals surface area contributed by atoms with E-state index in [1.807, 2.05) is 42.5 Å². The van der Waals surface area contributed by atoms with Crippen LogP contribution in [0, 0.1) is 0 Å². The molecule has 4 aromatic rings. The monoisotopic (exact) mass is 616 g/mol. The molecular weight excluding hydrogens is 596 g/mol. The molecule has 40 heavy (non-hydrogen) atoms. The number of amides is 4. The van der Waals surface area contributed by atoms with Crippen molar-refractivity contribution in [1.29, 1.82) is 0 Å². The molecule has 9 heteroatoms. The average molecular weight is 618 g/mol. The summed E-state index contributed by atoms with van der Waals surface area (Å²) in [6.45, 7) is 0.718.